The third-order valence-corrected chi connectivity index (χ3v) is 7.37. The topological polar surface area (TPSA) is 62.2 Å². The molecule has 1 aliphatic rings. The van der Waals surface area contributed by atoms with E-state index in [9.17, 15) is 4.79 Å². The van der Waals surface area contributed by atoms with Crippen molar-refractivity contribution in [3.63, 3.8) is 0 Å². The van der Waals surface area contributed by atoms with Crippen molar-refractivity contribution in [1.82, 2.24) is 19.9 Å². The molecule has 9 heteroatoms. The Kier molecular flexibility index (Phi) is 4.79. The van der Waals surface area contributed by atoms with E-state index in [0.717, 1.165) is 44.8 Å². The van der Waals surface area contributed by atoms with Gasteiger partial charge in [0.05, 0.1) is 12.1 Å². The predicted octanol–water partition coefficient (Wildman–Crippen LogP) is 3.77. The van der Waals surface area contributed by atoms with Gasteiger partial charge in [-0.05, 0) is 23.6 Å². The van der Waals surface area contributed by atoms with Crippen molar-refractivity contribution in [2.45, 2.75) is 6.42 Å². The summed E-state index contributed by atoms with van der Waals surface area (Å²) in [6, 6.07) is 5.96. The fourth-order valence-corrected chi connectivity index (χ4v) is 5.71. The molecule has 0 unspecified atom stereocenters. The van der Waals surface area contributed by atoms with Crippen LogP contribution in [0, 0.1) is 0 Å². The summed E-state index contributed by atoms with van der Waals surface area (Å²) >= 11 is 4.87. The van der Waals surface area contributed by atoms with Crippen LogP contribution in [0.15, 0.2) is 40.5 Å². The minimum Gasteiger partial charge on any atom is -0.344 e. The zero-order chi connectivity index (χ0) is 18.9. The first kappa shape index (κ1) is 17.7. The molecule has 0 atom stereocenters. The van der Waals surface area contributed by atoms with Gasteiger partial charge in [-0.1, -0.05) is 11.3 Å². The number of pyridine rings is 1. The van der Waals surface area contributed by atoms with Crippen LogP contribution in [0.3, 0.4) is 0 Å². The molecule has 1 amide bonds. The van der Waals surface area contributed by atoms with Gasteiger partial charge in [-0.15, -0.1) is 11.3 Å². The molecule has 28 heavy (non-hydrogen) atoms. The summed E-state index contributed by atoms with van der Waals surface area (Å²) in [5, 5.41) is 8.10. The average molecular weight is 428 g/mol. The van der Waals surface area contributed by atoms with E-state index in [1.807, 2.05) is 27.8 Å². The Bertz CT molecular complexity index is 1060. The summed E-state index contributed by atoms with van der Waals surface area (Å²) in [5.41, 5.74) is 2.93. The van der Waals surface area contributed by atoms with Gasteiger partial charge in [0.2, 0.25) is 5.91 Å². The number of fused-ring (bicyclic) bond motifs is 1. The lowest BCUT2D eigenvalue weighted by atomic mass is 10.2. The van der Waals surface area contributed by atoms with Crippen LogP contribution in [0.25, 0.3) is 20.9 Å². The van der Waals surface area contributed by atoms with E-state index >= 15 is 0 Å². The molecule has 0 aliphatic carbocycles. The van der Waals surface area contributed by atoms with Crippen LogP contribution in [0.2, 0.25) is 0 Å². The Balaban J connectivity index is 1.20. The fourth-order valence-electron chi connectivity index (χ4n) is 3.21. The number of hydrogen-bond acceptors (Lipinski definition) is 8. The van der Waals surface area contributed by atoms with E-state index in [2.05, 4.69) is 31.3 Å². The molecule has 1 saturated heterocycles. The molecule has 5 rings (SSSR count). The lowest BCUT2D eigenvalue weighted by molar-refractivity contribution is -0.130. The smallest absolute Gasteiger partial charge is 0.228 e. The number of nitrogens with zero attached hydrogens (tertiary/aromatic N) is 5. The number of thiophene rings is 1. The van der Waals surface area contributed by atoms with Crippen LogP contribution in [-0.4, -0.2) is 51.9 Å². The van der Waals surface area contributed by atoms with Gasteiger partial charge >= 0.3 is 0 Å². The minimum absolute atomic E-state index is 0.146. The zero-order valence-electron chi connectivity index (χ0n) is 14.9. The molecule has 142 valence electrons. The van der Waals surface area contributed by atoms with Gasteiger partial charge in [0, 0.05) is 48.7 Å². The first-order chi connectivity index (χ1) is 13.8. The number of carbonyl (C=O) groups excluding carboxylic acids is 1. The second kappa shape index (κ2) is 7.57. The highest BCUT2D eigenvalue weighted by Crippen LogP contribution is 2.28. The Morgan fingerprint density at radius 3 is 2.79 bits per heavy atom. The average Bonchev–Trinajstić information content (AvgIpc) is 3.47. The van der Waals surface area contributed by atoms with Gasteiger partial charge in [0.1, 0.15) is 15.4 Å². The maximum absolute atomic E-state index is 12.7. The lowest BCUT2D eigenvalue weighted by Crippen LogP contribution is -2.49. The number of hydrogen-bond donors (Lipinski definition) is 0. The number of thiazole rings is 2. The SMILES string of the molecule is O=C(Cc1csc(-c2ccsc2)n1)N1CCN(c2nc3cccnc3s2)CC1. The van der Waals surface area contributed by atoms with Crippen molar-refractivity contribution >= 4 is 55.4 Å². The van der Waals surface area contributed by atoms with Crippen LogP contribution in [0.5, 0.6) is 0 Å². The first-order valence-corrected chi connectivity index (χ1v) is 11.6. The molecule has 0 aromatic carbocycles. The van der Waals surface area contributed by atoms with Gasteiger partial charge in [-0.25, -0.2) is 15.0 Å². The highest BCUT2D eigenvalue weighted by Gasteiger charge is 2.24. The molecule has 4 aromatic rings. The van der Waals surface area contributed by atoms with Crippen LogP contribution in [-0.2, 0) is 11.2 Å². The van der Waals surface area contributed by atoms with Crippen molar-refractivity contribution in [2.75, 3.05) is 31.1 Å². The van der Waals surface area contributed by atoms with Gasteiger partial charge in [0.25, 0.3) is 0 Å². The van der Waals surface area contributed by atoms with Gasteiger partial charge in [-0.2, -0.15) is 11.3 Å². The van der Waals surface area contributed by atoms with Gasteiger partial charge in [0.15, 0.2) is 5.13 Å². The first-order valence-electron chi connectivity index (χ1n) is 8.97. The second-order valence-corrected chi connectivity index (χ2v) is 9.12. The fraction of sp³-hybridized carbons (Fsp3) is 0.263. The highest BCUT2D eigenvalue weighted by molar-refractivity contribution is 7.21. The normalized spacial score (nSPS) is 14.7. The van der Waals surface area contributed by atoms with Crippen molar-refractivity contribution < 1.29 is 4.79 Å². The maximum atomic E-state index is 12.7. The molecule has 1 aliphatic heterocycles. The Labute approximate surface area is 174 Å². The number of amides is 1. The van der Waals surface area contributed by atoms with Gasteiger partial charge < -0.3 is 9.80 Å². The summed E-state index contributed by atoms with van der Waals surface area (Å²) in [7, 11) is 0. The maximum Gasteiger partial charge on any atom is 0.228 e. The van der Waals surface area contributed by atoms with E-state index in [1.54, 1.807) is 40.2 Å². The van der Waals surface area contributed by atoms with Crippen LogP contribution in [0.1, 0.15) is 5.69 Å². The number of piperazine rings is 1. The molecule has 0 spiro atoms. The predicted molar refractivity (Wildman–Crippen MR) is 115 cm³/mol. The molecular formula is C19H17N5OS3. The van der Waals surface area contributed by atoms with Crippen LogP contribution in [0.4, 0.5) is 5.13 Å². The van der Waals surface area contributed by atoms with E-state index in [-0.39, 0.29) is 5.91 Å². The lowest BCUT2D eigenvalue weighted by Gasteiger charge is -2.34. The summed E-state index contributed by atoms with van der Waals surface area (Å²) < 4.78 is 0. The number of aromatic nitrogens is 3. The molecule has 1 fully saturated rings. The monoisotopic (exact) mass is 427 g/mol. The Morgan fingerprint density at radius 2 is 2.00 bits per heavy atom. The number of rotatable bonds is 4. The van der Waals surface area contributed by atoms with Crippen LogP contribution >= 0.6 is 34.0 Å². The van der Waals surface area contributed by atoms with Crippen molar-refractivity contribution in [1.29, 1.82) is 0 Å². The quantitative estimate of drug-likeness (QED) is 0.496. The molecule has 0 saturated carbocycles. The van der Waals surface area contributed by atoms with Crippen molar-refractivity contribution in [3.8, 4) is 10.6 Å². The van der Waals surface area contributed by atoms with Crippen molar-refractivity contribution in [2.24, 2.45) is 0 Å². The molecule has 5 heterocycles. The third kappa shape index (κ3) is 3.52. The zero-order valence-corrected chi connectivity index (χ0v) is 17.4. The van der Waals surface area contributed by atoms with E-state index in [4.69, 9.17) is 0 Å². The third-order valence-electron chi connectivity index (χ3n) is 4.71. The molecule has 4 aromatic heterocycles. The molecular weight excluding hydrogens is 410 g/mol. The molecule has 6 nitrogen and oxygen atoms in total. The van der Waals surface area contributed by atoms with Gasteiger partial charge in [-0.3, -0.25) is 4.79 Å². The number of carbonyl (C=O) groups is 1. The largest absolute Gasteiger partial charge is 0.344 e. The van der Waals surface area contributed by atoms with Crippen LogP contribution < -0.4 is 4.90 Å². The van der Waals surface area contributed by atoms with E-state index < -0.39 is 0 Å². The second-order valence-electron chi connectivity index (χ2n) is 6.52. The molecule has 0 bridgehead atoms. The standard InChI is InChI=1S/C19H17N5OS3/c25-16(10-14-12-27-17(21-14)13-3-9-26-11-13)23-5-7-24(8-6-23)19-22-15-2-1-4-20-18(15)28-19/h1-4,9,11-12H,5-8,10H2. The Hall–Kier alpha value is -2.36. The highest BCUT2D eigenvalue weighted by atomic mass is 32.1. The summed E-state index contributed by atoms with van der Waals surface area (Å²) in [4.78, 5) is 31.5. The summed E-state index contributed by atoms with van der Waals surface area (Å²) in [6.45, 7) is 3.01. The molecule has 0 radical (unpaired) electrons. The summed E-state index contributed by atoms with van der Waals surface area (Å²) in [6.07, 6.45) is 2.16. The Morgan fingerprint density at radius 1 is 1.11 bits per heavy atom. The molecule has 0 N–H and O–H groups in total. The van der Waals surface area contributed by atoms with E-state index in [1.165, 1.54) is 0 Å². The number of anilines is 1. The van der Waals surface area contributed by atoms with Crippen molar-refractivity contribution in [3.05, 3.63) is 46.2 Å². The van der Waals surface area contributed by atoms with E-state index in [0.29, 0.717) is 19.5 Å². The summed E-state index contributed by atoms with van der Waals surface area (Å²) in [5.74, 6) is 0.146. The minimum atomic E-state index is 0.146.